The molecule has 0 radical (unpaired) electrons. The number of phenols is 1. The fourth-order valence-corrected chi connectivity index (χ4v) is 4.16. The van der Waals surface area contributed by atoms with Crippen LogP contribution in [0.25, 0.3) is 0 Å². The standard InChI is InChI=1S/C20H22ClNO6/c1-4-28-14-7-10(6-12(21)18(14)24)11-8-15(23)22-13-5-9(2)16(20(26)27-3)19(25)17(11)13/h6-7,9,11,16,24H,4-5,8H2,1-3H3,(H,22,23)/t9-,11-,16-/m0/s1. The highest BCUT2D eigenvalue weighted by molar-refractivity contribution is 6.32. The summed E-state index contributed by atoms with van der Waals surface area (Å²) < 4.78 is 10.2. The molecule has 1 aromatic carbocycles. The molecule has 1 amide bonds. The van der Waals surface area contributed by atoms with E-state index in [0.29, 0.717) is 29.9 Å². The molecule has 3 rings (SSSR count). The summed E-state index contributed by atoms with van der Waals surface area (Å²) >= 11 is 6.14. The van der Waals surface area contributed by atoms with Gasteiger partial charge in [-0.1, -0.05) is 18.5 Å². The Morgan fingerprint density at radius 1 is 1.32 bits per heavy atom. The first-order chi connectivity index (χ1) is 13.3. The van der Waals surface area contributed by atoms with Crippen molar-refractivity contribution in [3.63, 3.8) is 0 Å². The van der Waals surface area contributed by atoms with Gasteiger partial charge in [0.15, 0.2) is 17.3 Å². The number of ether oxygens (including phenoxy) is 2. The van der Waals surface area contributed by atoms with E-state index in [9.17, 15) is 19.5 Å². The van der Waals surface area contributed by atoms with E-state index in [0.717, 1.165) is 0 Å². The summed E-state index contributed by atoms with van der Waals surface area (Å²) in [5, 5.41) is 12.9. The van der Waals surface area contributed by atoms with Gasteiger partial charge in [-0.3, -0.25) is 14.4 Å². The van der Waals surface area contributed by atoms with Gasteiger partial charge in [-0.15, -0.1) is 0 Å². The topological polar surface area (TPSA) is 102 Å². The van der Waals surface area contributed by atoms with E-state index in [1.807, 2.05) is 0 Å². The molecule has 0 unspecified atom stereocenters. The lowest BCUT2D eigenvalue weighted by atomic mass is 9.70. The maximum absolute atomic E-state index is 13.2. The first-order valence-corrected chi connectivity index (χ1v) is 9.46. The molecular formula is C20H22ClNO6. The highest BCUT2D eigenvalue weighted by atomic mass is 35.5. The van der Waals surface area contributed by atoms with Crippen molar-refractivity contribution in [2.24, 2.45) is 11.8 Å². The third kappa shape index (κ3) is 3.46. The molecule has 28 heavy (non-hydrogen) atoms. The average Bonchev–Trinajstić information content (AvgIpc) is 2.64. The predicted molar refractivity (Wildman–Crippen MR) is 101 cm³/mol. The number of rotatable bonds is 4. The van der Waals surface area contributed by atoms with Crippen LogP contribution >= 0.6 is 11.6 Å². The SMILES string of the molecule is CCOc1cc([C@@H]2CC(=O)NC3=C2C(=O)[C@@H](C(=O)OC)[C@@H](C)C3)cc(Cl)c1O. The number of Topliss-reactive ketones (excluding diaryl/α,β-unsaturated/α-hetero) is 1. The molecular weight excluding hydrogens is 386 g/mol. The Labute approximate surface area is 167 Å². The van der Waals surface area contributed by atoms with Gasteiger partial charge in [0.25, 0.3) is 0 Å². The van der Waals surface area contributed by atoms with Crippen molar-refractivity contribution in [3.8, 4) is 11.5 Å². The number of ketones is 1. The summed E-state index contributed by atoms with van der Waals surface area (Å²) in [4.78, 5) is 37.7. The van der Waals surface area contributed by atoms with Gasteiger partial charge in [0.2, 0.25) is 5.91 Å². The smallest absolute Gasteiger partial charge is 0.316 e. The van der Waals surface area contributed by atoms with Crippen molar-refractivity contribution in [2.75, 3.05) is 13.7 Å². The van der Waals surface area contributed by atoms with E-state index in [-0.39, 0.29) is 40.6 Å². The summed E-state index contributed by atoms with van der Waals surface area (Å²) in [6, 6.07) is 3.10. The number of hydrogen-bond donors (Lipinski definition) is 2. The van der Waals surface area contributed by atoms with E-state index < -0.39 is 17.8 Å². The van der Waals surface area contributed by atoms with Crippen molar-refractivity contribution in [2.45, 2.75) is 32.6 Å². The lowest BCUT2D eigenvalue weighted by molar-refractivity contribution is -0.151. The number of phenolic OH excluding ortho intramolecular Hbond substituents is 1. The number of halogens is 1. The number of carbonyl (C=O) groups excluding carboxylic acids is 3. The number of allylic oxidation sites excluding steroid dienone is 2. The number of methoxy groups -OCH3 is 1. The zero-order valence-corrected chi connectivity index (χ0v) is 16.6. The minimum absolute atomic E-state index is 0.0273. The molecule has 0 spiro atoms. The Morgan fingerprint density at radius 2 is 2.04 bits per heavy atom. The van der Waals surface area contributed by atoms with Crippen molar-refractivity contribution >= 4 is 29.3 Å². The minimum Gasteiger partial charge on any atom is -0.503 e. The van der Waals surface area contributed by atoms with Crippen LogP contribution in [0.2, 0.25) is 5.02 Å². The summed E-state index contributed by atoms with van der Waals surface area (Å²) in [6.45, 7) is 3.86. The molecule has 1 heterocycles. The number of aromatic hydroxyl groups is 1. The maximum atomic E-state index is 13.2. The Morgan fingerprint density at radius 3 is 2.68 bits per heavy atom. The van der Waals surface area contributed by atoms with Crippen LogP contribution in [0.1, 0.15) is 38.2 Å². The van der Waals surface area contributed by atoms with Crippen LogP contribution in [0.15, 0.2) is 23.4 Å². The van der Waals surface area contributed by atoms with Gasteiger partial charge in [0, 0.05) is 23.6 Å². The largest absolute Gasteiger partial charge is 0.503 e. The Kier molecular flexibility index (Phi) is 5.65. The van der Waals surface area contributed by atoms with Crippen molar-refractivity contribution in [1.29, 1.82) is 0 Å². The molecule has 150 valence electrons. The number of hydrogen-bond acceptors (Lipinski definition) is 6. The van der Waals surface area contributed by atoms with Crippen LogP contribution in [0.4, 0.5) is 0 Å². The third-order valence-electron chi connectivity index (χ3n) is 5.20. The number of benzene rings is 1. The maximum Gasteiger partial charge on any atom is 0.316 e. The molecule has 0 fully saturated rings. The van der Waals surface area contributed by atoms with Gasteiger partial charge in [-0.05, 0) is 37.0 Å². The fourth-order valence-electron chi connectivity index (χ4n) is 3.94. The van der Waals surface area contributed by atoms with Crippen molar-refractivity contribution in [3.05, 3.63) is 34.0 Å². The van der Waals surface area contributed by atoms with Crippen LogP contribution in [0.3, 0.4) is 0 Å². The number of esters is 1. The minimum atomic E-state index is -0.916. The highest BCUT2D eigenvalue weighted by Crippen LogP contribution is 2.45. The number of amides is 1. The second-order valence-corrected chi connectivity index (χ2v) is 7.43. The molecule has 0 bridgehead atoms. The average molecular weight is 408 g/mol. The first-order valence-electron chi connectivity index (χ1n) is 9.08. The van der Waals surface area contributed by atoms with Gasteiger partial charge < -0.3 is 19.9 Å². The van der Waals surface area contributed by atoms with E-state index in [1.54, 1.807) is 19.9 Å². The molecule has 1 aromatic rings. The van der Waals surface area contributed by atoms with E-state index in [1.165, 1.54) is 13.2 Å². The van der Waals surface area contributed by atoms with Gasteiger partial charge in [-0.2, -0.15) is 0 Å². The van der Waals surface area contributed by atoms with Crippen molar-refractivity contribution in [1.82, 2.24) is 5.32 Å². The first kappa shape index (κ1) is 20.2. The van der Waals surface area contributed by atoms with E-state index in [2.05, 4.69) is 5.32 Å². The molecule has 0 saturated carbocycles. The van der Waals surface area contributed by atoms with E-state index in [4.69, 9.17) is 21.1 Å². The van der Waals surface area contributed by atoms with Crippen LogP contribution in [-0.2, 0) is 19.1 Å². The lowest BCUT2D eigenvalue weighted by Gasteiger charge is -2.36. The zero-order chi connectivity index (χ0) is 20.6. The number of carbonyl (C=O) groups is 3. The zero-order valence-electron chi connectivity index (χ0n) is 15.9. The highest BCUT2D eigenvalue weighted by Gasteiger charge is 2.45. The molecule has 2 aliphatic rings. The normalized spacial score (nSPS) is 24.5. The van der Waals surface area contributed by atoms with Crippen LogP contribution < -0.4 is 10.1 Å². The molecule has 0 saturated heterocycles. The molecule has 0 aromatic heterocycles. The van der Waals surface area contributed by atoms with E-state index >= 15 is 0 Å². The predicted octanol–water partition coefficient (Wildman–Crippen LogP) is 2.70. The molecule has 2 N–H and O–H groups in total. The Bertz CT molecular complexity index is 878. The second kappa shape index (κ2) is 7.83. The van der Waals surface area contributed by atoms with Gasteiger partial charge in [0.1, 0.15) is 5.92 Å². The lowest BCUT2D eigenvalue weighted by Crippen LogP contribution is -2.44. The van der Waals surface area contributed by atoms with Gasteiger partial charge in [0.05, 0.1) is 18.7 Å². The fraction of sp³-hybridized carbons (Fsp3) is 0.450. The third-order valence-corrected chi connectivity index (χ3v) is 5.49. The summed E-state index contributed by atoms with van der Waals surface area (Å²) in [5.74, 6) is -2.97. The molecule has 3 atom stereocenters. The Hall–Kier alpha value is -2.54. The summed E-state index contributed by atoms with van der Waals surface area (Å²) in [6.07, 6.45) is 0.409. The monoisotopic (exact) mass is 407 g/mol. The summed E-state index contributed by atoms with van der Waals surface area (Å²) in [5.41, 5.74) is 1.48. The van der Waals surface area contributed by atoms with Crippen LogP contribution in [0.5, 0.6) is 11.5 Å². The molecule has 1 aliphatic carbocycles. The van der Waals surface area contributed by atoms with Crippen LogP contribution in [-0.4, -0.2) is 36.5 Å². The second-order valence-electron chi connectivity index (χ2n) is 7.03. The summed E-state index contributed by atoms with van der Waals surface area (Å²) in [7, 11) is 1.25. The quantitative estimate of drug-likeness (QED) is 0.587. The molecule has 7 nitrogen and oxygen atoms in total. The van der Waals surface area contributed by atoms with Gasteiger partial charge >= 0.3 is 5.97 Å². The van der Waals surface area contributed by atoms with Crippen molar-refractivity contribution < 1.29 is 29.0 Å². The Balaban J connectivity index is 2.11. The van der Waals surface area contributed by atoms with Crippen LogP contribution in [0, 0.1) is 11.8 Å². The number of nitrogens with one attached hydrogen (secondary N) is 1. The molecule has 1 aliphatic heterocycles. The molecule has 8 heteroatoms. The van der Waals surface area contributed by atoms with Gasteiger partial charge in [-0.25, -0.2) is 0 Å².